The van der Waals surface area contributed by atoms with Crippen LogP contribution in [0.1, 0.15) is 16.1 Å². The second kappa shape index (κ2) is 5.40. The van der Waals surface area contributed by atoms with Gasteiger partial charge in [-0.3, -0.25) is 0 Å². The Labute approximate surface area is 115 Å². The molecule has 102 valence electrons. The molecule has 2 aromatic rings. The number of anilines is 1. The van der Waals surface area contributed by atoms with Crippen molar-refractivity contribution in [3.63, 3.8) is 0 Å². The van der Waals surface area contributed by atoms with Gasteiger partial charge in [0.15, 0.2) is 0 Å². The van der Waals surface area contributed by atoms with Crippen LogP contribution < -0.4 is 5.32 Å². The number of phenolic OH excluding ortho intramolecular Hbond substituents is 1. The van der Waals surface area contributed by atoms with Crippen molar-refractivity contribution in [2.24, 2.45) is 0 Å². The number of carbonyl (C=O) groups is 1. The Kier molecular flexibility index (Phi) is 3.85. The first-order valence-electron chi connectivity index (χ1n) is 5.78. The van der Waals surface area contributed by atoms with Gasteiger partial charge >= 0.3 is 5.97 Å². The molecule has 0 unspecified atom stereocenters. The van der Waals surface area contributed by atoms with E-state index in [1.54, 1.807) is 12.1 Å². The number of carbonyl (C=O) groups excluding carboxylic acids is 1. The van der Waals surface area contributed by atoms with Gasteiger partial charge in [0.05, 0.1) is 12.6 Å². The van der Waals surface area contributed by atoms with Crippen LogP contribution >= 0.6 is 11.6 Å². The van der Waals surface area contributed by atoms with Gasteiger partial charge in [-0.1, -0.05) is 0 Å². The average Bonchev–Trinajstić information content (AvgIpc) is 3.05. The van der Waals surface area contributed by atoms with Crippen LogP contribution in [0.3, 0.4) is 0 Å². The smallest absolute Gasteiger partial charge is 0.354 e. The largest absolute Gasteiger partial charge is 0.506 e. The van der Waals surface area contributed by atoms with Crippen LogP contribution in [0.25, 0.3) is 10.9 Å². The lowest BCUT2D eigenvalue weighted by atomic mass is 10.1. The number of benzene rings is 1. The summed E-state index contributed by atoms with van der Waals surface area (Å²) in [6.45, 7) is 0.854. The number of methoxy groups -OCH3 is 1. The number of fused-ring (bicyclic) bond motifs is 3. The van der Waals surface area contributed by atoms with Gasteiger partial charge in [-0.25, -0.2) is 4.79 Å². The van der Waals surface area contributed by atoms with Crippen molar-refractivity contribution in [2.75, 3.05) is 25.4 Å². The lowest BCUT2D eigenvalue weighted by molar-refractivity contribution is 0.0595. The Hall–Kier alpha value is -1.88. The molecule has 0 fully saturated rings. The molecular weight excluding hydrogens is 268 g/mol. The Morgan fingerprint density at radius 2 is 2.16 bits per heavy atom. The number of alkyl halides is 1. The van der Waals surface area contributed by atoms with Gasteiger partial charge in [-0.15, -0.1) is 11.6 Å². The normalized spacial score (nSPS) is 12.4. The third kappa shape index (κ3) is 2.21. The van der Waals surface area contributed by atoms with E-state index in [9.17, 15) is 9.90 Å². The first-order valence-corrected chi connectivity index (χ1v) is 6.54. The fraction of sp³-hybridized carbons (Fsp3) is 0.308. The van der Waals surface area contributed by atoms with Gasteiger partial charge in [-0.05, 0) is 18.1 Å². The number of esters is 1. The predicted octanol–water partition coefficient (Wildman–Crippen LogP) is 2.48. The van der Waals surface area contributed by atoms with E-state index >= 15 is 0 Å². The fourth-order valence-electron chi connectivity index (χ4n) is 2.30. The lowest BCUT2D eigenvalue weighted by Crippen LogP contribution is -2.00. The summed E-state index contributed by atoms with van der Waals surface area (Å²) >= 11 is 4.64. The van der Waals surface area contributed by atoms with Gasteiger partial charge < -0.3 is 20.1 Å². The van der Waals surface area contributed by atoms with Crippen molar-refractivity contribution in [1.82, 2.24) is 4.98 Å². The monoisotopic (exact) mass is 282 g/mol. The van der Waals surface area contributed by atoms with E-state index in [0.29, 0.717) is 11.2 Å². The van der Waals surface area contributed by atoms with E-state index in [-0.39, 0.29) is 5.75 Å². The highest BCUT2D eigenvalue weighted by Crippen LogP contribution is 2.36. The Morgan fingerprint density at radius 1 is 1.42 bits per heavy atom. The van der Waals surface area contributed by atoms with Crippen LogP contribution in [0.4, 0.5) is 5.69 Å². The quantitative estimate of drug-likeness (QED) is 0.555. The van der Waals surface area contributed by atoms with Crippen molar-refractivity contribution in [1.29, 1.82) is 0 Å². The van der Waals surface area contributed by atoms with Crippen molar-refractivity contribution in [2.45, 2.75) is 6.42 Å². The van der Waals surface area contributed by atoms with Gasteiger partial charge in [0.1, 0.15) is 11.4 Å². The summed E-state index contributed by atoms with van der Waals surface area (Å²) in [4.78, 5) is 14.3. The molecule has 1 aliphatic heterocycles. The fourth-order valence-corrected chi connectivity index (χ4v) is 2.30. The molecule has 1 aromatic heterocycles. The minimum Gasteiger partial charge on any atom is -0.506 e. The summed E-state index contributed by atoms with van der Waals surface area (Å²) in [7, 11) is 1.33. The molecule has 0 saturated heterocycles. The molecule has 0 radical (unpaired) electrons. The standard InChI is InChI=1S/C12H12N2O3.CH3Cl/c1-17-12(16)9-4-7-6-2-3-13-8(6)5-10(15)11(7)14-9;1-2/h4-5,13-15H,2-3H2,1H3;1H3. The number of hydrogen-bond donors (Lipinski definition) is 3. The number of aromatic amines is 1. The van der Waals surface area contributed by atoms with Gasteiger partial charge in [0, 0.05) is 30.1 Å². The Bertz CT molecular complexity index is 622. The highest BCUT2D eigenvalue weighted by molar-refractivity contribution is 6.15. The molecule has 0 bridgehead atoms. The van der Waals surface area contributed by atoms with E-state index < -0.39 is 5.97 Å². The number of ether oxygens (including phenoxy) is 1. The number of rotatable bonds is 1. The minimum absolute atomic E-state index is 0.142. The third-order valence-electron chi connectivity index (χ3n) is 3.10. The molecular formula is C13H15ClN2O3. The summed E-state index contributed by atoms with van der Waals surface area (Å²) in [6.07, 6.45) is 2.37. The number of halogens is 1. The maximum Gasteiger partial charge on any atom is 0.354 e. The van der Waals surface area contributed by atoms with Crippen molar-refractivity contribution in [3.8, 4) is 5.75 Å². The summed E-state index contributed by atoms with van der Waals surface area (Å²) < 4.78 is 4.66. The molecule has 0 saturated carbocycles. The third-order valence-corrected chi connectivity index (χ3v) is 3.10. The second-order valence-electron chi connectivity index (χ2n) is 4.06. The molecule has 1 aliphatic rings. The van der Waals surface area contributed by atoms with Crippen LogP contribution in [0, 0.1) is 0 Å². The zero-order valence-corrected chi connectivity index (χ0v) is 11.5. The van der Waals surface area contributed by atoms with E-state index in [2.05, 4.69) is 26.6 Å². The van der Waals surface area contributed by atoms with Crippen LogP contribution in [-0.4, -0.2) is 36.1 Å². The number of aromatic nitrogens is 1. The maximum atomic E-state index is 11.4. The van der Waals surface area contributed by atoms with E-state index in [4.69, 9.17) is 0 Å². The van der Waals surface area contributed by atoms with Crippen LogP contribution in [0.2, 0.25) is 0 Å². The van der Waals surface area contributed by atoms with Crippen molar-refractivity contribution < 1.29 is 14.6 Å². The summed E-state index contributed by atoms with van der Waals surface area (Å²) in [5.74, 6) is -0.288. The molecule has 5 nitrogen and oxygen atoms in total. The maximum absolute atomic E-state index is 11.4. The first-order chi connectivity index (χ1) is 9.20. The molecule has 6 heteroatoms. The molecule has 0 aliphatic carbocycles. The van der Waals surface area contributed by atoms with Crippen LogP contribution in [0.15, 0.2) is 12.1 Å². The number of nitrogens with one attached hydrogen (secondary N) is 2. The highest BCUT2D eigenvalue weighted by Gasteiger charge is 2.20. The van der Waals surface area contributed by atoms with Crippen molar-refractivity contribution >= 4 is 34.2 Å². The van der Waals surface area contributed by atoms with Crippen molar-refractivity contribution in [3.05, 3.63) is 23.4 Å². The summed E-state index contributed by atoms with van der Waals surface area (Å²) in [5, 5.41) is 14.0. The molecule has 2 heterocycles. The van der Waals surface area contributed by atoms with Crippen LogP contribution in [-0.2, 0) is 11.2 Å². The van der Waals surface area contributed by atoms with Gasteiger partial charge in [-0.2, -0.15) is 0 Å². The lowest BCUT2D eigenvalue weighted by Gasteiger charge is -2.02. The molecule has 0 amide bonds. The average molecular weight is 283 g/mol. The first kappa shape index (κ1) is 13.5. The van der Waals surface area contributed by atoms with Gasteiger partial charge in [0.25, 0.3) is 0 Å². The number of phenols is 1. The van der Waals surface area contributed by atoms with E-state index in [1.807, 2.05) is 0 Å². The van der Waals surface area contributed by atoms with Gasteiger partial charge in [0.2, 0.25) is 0 Å². The Balaban J connectivity index is 0.000000637. The molecule has 1 aromatic carbocycles. The molecule has 3 N–H and O–H groups in total. The topological polar surface area (TPSA) is 74.3 Å². The molecule has 3 rings (SSSR count). The summed E-state index contributed by atoms with van der Waals surface area (Å²) in [6, 6.07) is 3.41. The SMILES string of the molecule is CCl.COC(=O)c1cc2c3c(cc(O)c2[nH]1)NCC3. The summed E-state index contributed by atoms with van der Waals surface area (Å²) in [5.41, 5.74) is 3.01. The minimum atomic E-state index is -0.430. The number of aromatic hydroxyl groups is 1. The zero-order chi connectivity index (χ0) is 14.0. The zero-order valence-electron chi connectivity index (χ0n) is 10.7. The predicted molar refractivity (Wildman–Crippen MR) is 75.3 cm³/mol. The number of H-pyrrole nitrogens is 1. The Morgan fingerprint density at radius 3 is 2.84 bits per heavy atom. The second-order valence-corrected chi connectivity index (χ2v) is 4.06. The molecule has 0 spiro atoms. The highest BCUT2D eigenvalue weighted by atomic mass is 35.5. The van der Waals surface area contributed by atoms with E-state index in [0.717, 1.165) is 29.6 Å². The van der Waals surface area contributed by atoms with E-state index in [1.165, 1.54) is 13.5 Å². The van der Waals surface area contributed by atoms with Crippen LogP contribution in [0.5, 0.6) is 5.75 Å². The molecule has 19 heavy (non-hydrogen) atoms. The molecule has 0 atom stereocenters. The number of hydrogen-bond acceptors (Lipinski definition) is 4.